The van der Waals surface area contributed by atoms with E-state index in [0.717, 1.165) is 58.7 Å². The van der Waals surface area contributed by atoms with Crippen molar-refractivity contribution in [3.8, 4) is 0 Å². The van der Waals surface area contributed by atoms with Crippen molar-refractivity contribution in [2.45, 2.75) is 137 Å². The Bertz CT molecular complexity index is 886. The fourth-order valence-corrected chi connectivity index (χ4v) is 7.88. The van der Waals surface area contributed by atoms with Gasteiger partial charge in [0.25, 0.3) is 5.97 Å². The zero-order valence-electron chi connectivity index (χ0n) is 31.3. The quantitative estimate of drug-likeness (QED) is 0.162. The van der Waals surface area contributed by atoms with Crippen LogP contribution < -0.4 is 0 Å². The van der Waals surface area contributed by atoms with E-state index in [1.807, 2.05) is 0 Å². The molecule has 5 saturated heterocycles. The molecule has 0 saturated carbocycles. The SMILES string of the molecule is CCC1(CCCC2(CC)COC2(OC)OC)COC1(C)C.CCC1(CCCC2COC2OC)COC1OC.COC1OCC1(C)C. The summed E-state index contributed by atoms with van der Waals surface area (Å²) in [5.74, 6) is -0.261. The lowest BCUT2D eigenvalue weighted by Crippen LogP contribution is -2.65. The molecule has 0 aromatic rings. The van der Waals surface area contributed by atoms with E-state index in [0.29, 0.717) is 11.3 Å². The Morgan fingerprint density at radius 3 is 1.50 bits per heavy atom. The maximum Gasteiger partial charge on any atom is 0.290 e. The highest BCUT2D eigenvalue weighted by atomic mass is 16.9. The first-order valence-electron chi connectivity index (χ1n) is 17.6. The first kappa shape index (κ1) is 40.0. The van der Waals surface area contributed by atoms with Gasteiger partial charge in [0.2, 0.25) is 0 Å². The summed E-state index contributed by atoms with van der Waals surface area (Å²) in [5.41, 5.74) is 0.822. The molecule has 7 unspecified atom stereocenters. The fourth-order valence-electron chi connectivity index (χ4n) is 7.88. The van der Waals surface area contributed by atoms with Crippen LogP contribution in [0.3, 0.4) is 0 Å². The van der Waals surface area contributed by atoms with E-state index in [9.17, 15) is 0 Å². The van der Waals surface area contributed by atoms with Gasteiger partial charge in [0.1, 0.15) is 0 Å². The first-order chi connectivity index (χ1) is 21.8. The molecule has 0 spiro atoms. The van der Waals surface area contributed by atoms with Crippen LogP contribution in [0.2, 0.25) is 0 Å². The van der Waals surface area contributed by atoms with Crippen molar-refractivity contribution in [1.82, 2.24) is 0 Å². The van der Waals surface area contributed by atoms with Gasteiger partial charge in [-0.25, -0.2) is 0 Å². The van der Waals surface area contributed by atoms with Crippen LogP contribution in [0.15, 0.2) is 0 Å². The predicted octanol–water partition coefficient (Wildman–Crippen LogP) is 6.93. The highest BCUT2D eigenvalue weighted by Gasteiger charge is 2.62. The number of ether oxygens (including phenoxy) is 10. The molecule has 5 aliphatic rings. The maximum atomic E-state index is 5.78. The molecule has 272 valence electrons. The molecule has 0 radical (unpaired) electrons. The van der Waals surface area contributed by atoms with Gasteiger partial charge in [-0.15, -0.1) is 0 Å². The van der Waals surface area contributed by atoms with E-state index in [1.165, 1.54) is 32.1 Å². The molecule has 0 aromatic carbocycles. The molecular formula is C36H68O10. The van der Waals surface area contributed by atoms with E-state index in [1.54, 1.807) is 35.5 Å². The normalized spacial score (nSPS) is 37.8. The standard InChI is InChI=1S/C17H32O4.C13H24O4.C6H12O2/c1-7-15(12-20-14(15,3)4)10-9-11-16(8-2)13-21-17(16,18-5)19-6;1-4-13(9-17-12(13)15-3)7-5-6-10-8-16-11(10)14-2;1-6(2)4-8-5(6)7-3/h7-13H2,1-6H3;10-12H,4-9H2,1-3H3;5H,4H2,1-3H3. The van der Waals surface area contributed by atoms with Gasteiger partial charge < -0.3 is 47.4 Å². The second kappa shape index (κ2) is 16.5. The van der Waals surface area contributed by atoms with Crippen molar-refractivity contribution in [3.63, 3.8) is 0 Å². The number of methoxy groups -OCH3 is 5. The van der Waals surface area contributed by atoms with Crippen molar-refractivity contribution in [3.05, 3.63) is 0 Å². The van der Waals surface area contributed by atoms with Crippen LogP contribution >= 0.6 is 0 Å². The summed E-state index contributed by atoms with van der Waals surface area (Å²) in [6.07, 6.45) is 10.4. The van der Waals surface area contributed by atoms with Crippen LogP contribution in [0, 0.1) is 27.6 Å². The fraction of sp³-hybridized carbons (Fsp3) is 1.00. The average Bonchev–Trinajstić information content (AvgIpc) is 3.01. The molecule has 7 atom stereocenters. The molecule has 0 amide bonds. The molecule has 0 aliphatic carbocycles. The number of hydrogen-bond acceptors (Lipinski definition) is 10. The van der Waals surface area contributed by atoms with Gasteiger partial charge in [-0.3, -0.25) is 0 Å². The second-order valence-corrected chi connectivity index (χ2v) is 15.2. The Morgan fingerprint density at radius 2 is 1.22 bits per heavy atom. The number of rotatable bonds is 16. The van der Waals surface area contributed by atoms with Crippen molar-refractivity contribution in [2.75, 3.05) is 68.6 Å². The minimum atomic E-state index is -0.841. The Kier molecular flexibility index (Phi) is 14.4. The summed E-state index contributed by atoms with van der Waals surface area (Å²) in [5, 5.41) is 0. The first-order valence-corrected chi connectivity index (χ1v) is 17.6. The van der Waals surface area contributed by atoms with Gasteiger partial charge in [0, 0.05) is 57.7 Å². The average molecular weight is 661 g/mol. The summed E-state index contributed by atoms with van der Waals surface area (Å²) in [7, 11) is 8.46. The van der Waals surface area contributed by atoms with E-state index in [2.05, 4.69) is 48.5 Å². The van der Waals surface area contributed by atoms with Gasteiger partial charge in [-0.1, -0.05) is 47.5 Å². The molecule has 46 heavy (non-hydrogen) atoms. The van der Waals surface area contributed by atoms with Crippen molar-refractivity contribution < 1.29 is 47.4 Å². The Labute approximate surface area is 280 Å². The highest BCUT2D eigenvalue weighted by molar-refractivity contribution is 5.02. The summed E-state index contributed by atoms with van der Waals surface area (Å²) in [6.45, 7) is 19.5. The van der Waals surface area contributed by atoms with Crippen molar-refractivity contribution in [2.24, 2.45) is 27.6 Å². The number of hydrogen-bond donors (Lipinski definition) is 0. The van der Waals surface area contributed by atoms with E-state index < -0.39 is 5.97 Å². The van der Waals surface area contributed by atoms with Crippen LogP contribution in [0.25, 0.3) is 0 Å². The van der Waals surface area contributed by atoms with Crippen molar-refractivity contribution >= 4 is 0 Å². The maximum absolute atomic E-state index is 5.78. The Hall–Kier alpha value is -0.400. The zero-order chi connectivity index (χ0) is 34.3. The van der Waals surface area contributed by atoms with Crippen LogP contribution in [0.5, 0.6) is 0 Å². The summed E-state index contributed by atoms with van der Waals surface area (Å²) >= 11 is 0. The lowest BCUT2D eigenvalue weighted by atomic mass is 9.63. The minimum Gasteiger partial charge on any atom is -0.374 e. The molecule has 5 fully saturated rings. The molecular weight excluding hydrogens is 592 g/mol. The Balaban J connectivity index is 0.000000205. The van der Waals surface area contributed by atoms with Gasteiger partial charge in [-0.2, -0.15) is 0 Å². The molecule has 0 bridgehead atoms. The minimum absolute atomic E-state index is 0.00311. The van der Waals surface area contributed by atoms with Crippen LogP contribution in [0.1, 0.15) is 106 Å². The summed E-state index contributed by atoms with van der Waals surface area (Å²) in [4.78, 5) is 0. The lowest BCUT2D eigenvalue weighted by Gasteiger charge is -2.58. The second-order valence-electron chi connectivity index (χ2n) is 15.2. The molecule has 5 aliphatic heterocycles. The van der Waals surface area contributed by atoms with Gasteiger partial charge >= 0.3 is 0 Å². The van der Waals surface area contributed by atoms with E-state index in [4.69, 9.17) is 47.4 Å². The summed E-state index contributed by atoms with van der Waals surface area (Å²) in [6, 6.07) is 0. The van der Waals surface area contributed by atoms with Gasteiger partial charge in [-0.05, 0) is 58.8 Å². The Morgan fingerprint density at radius 1 is 0.609 bits per heavy atom. The molecule has 5 rings (SSSR count). The van der Waals surface area contributed by atoms with E-state index >= 15 is 0 Å². The monoisotopic (exact) mass is 660 g/mol. The molecule has 10 heteroatoms. The third-order valence-corrected chi connectivity index (χ3v) is 12.1. The third-order valence-electron chi connectivity index (χ3n) is 12.1. The van der Waals surface area contributed by atoms with Gasteiger partial charge in [0.05, 0.1) is 44.1 Å². The topological polar surface area (TPSA) is 92.3 Å². The predicted molar refractivity (Wildman–Crippen MR) is 176 cm³/mol. The largest absolute Gasteiger partial charge is 0.374 e. The van der Waals surface area contributed by atoms with Gasteiger partial charge in [0.15, 0.2) is 18.9 Å². The molecule has 5 heterocycles. The highest BCUT2D eigenvalue weighted by Crippen LogP contribution is 2.55. The molecule has 0 N–H and O–H groups in total. The molecule has 0 aromatic heterocycles. The smallest absolute Gasteiger partial charge is 0.290 e. The zero-order valence-corrected chi connectivity index (χ0v) is 31.3. The molecule has 10 nitrogen and oxygen atoms in total. The van der Waals surface area contributed by atoms with Crippen LogP contribution in [-0.4, -0.2) is 99.0 Å². The van der Waals surface area contributed by atoms with Crippen LogP contribution in [0.4, 0.5) is 0 Å². The third kappa shape index (κ3) is 7.82. The van der Waals surface area contributed by atoms with Crippen LogP contribution in [-0.2, 0) is 47.4 Å². The lowest BCUT2D eigenvalue weighted by molar-refractivity contribution is -0.492. The summed E-state index contributed by atoms with van der Waals surface area (Å²) < 4.78 is 53.9. The van der Waals surface area contributed by atoms with E-state index in [-0.39, 0.29) is 40.7 Å². The van der Waals surface area contributed by atoms with Crippen molar-refractivity contribution in [1.29, 1.82) is 0 Å².